The van der Waals surface area contributed by atoms with Crippen molar-refractivity contribution in [1.82, 2.24) is 15.0 Å². The number of ether oxygens (including phenoxy) is 1. The fourth-order valence-corrected chi connectivity index (χ4v) is 1.79. The minimum absolute atomic E-state index is 0.112. The molecule has 1 aromatic carbocycles. The van der Waals surface area contributed by atoms with Gasteiger partial charge in [-0.05, 0) is 37.1 Å². The number of halogens is 1. The Labute approximate surface area is 122 Å². The highest BCUT2D eigenvalue weighted by molar-refractivity contribution is 6.32. The summed E-state index contributed by atoms with van der Waals surface area (Å²) in [5.74, 6) is 1.16. The lowest BCUT2D eigenvalue weighted by molar-refractivity contribution is 0.440. The molecule has 0 saturated carbocycles. The predicted molar refractivity (Wildman–Crippen MR) is 79.6 cm³/mol. The third-order valence-electron chi connectivity index (χ3n) is 2.64. The van der Waals surface area contributed by atoms with E-state index >= 15 is 0 Å². The molecule has 0 saturated heterocycles. The Balaban J connectivity index is 2.35. The summed E-state index contributed by atoms with van der Waals surface area (Å²) in [5.41, 5.74) is 7.50. The summed E-state index contributed by atoms with van der Waals surface area (Å²) in [6.45, 7) is 3.82. The van der Waals surface area contributed by atoms with Crippen LogP contribution in [-0.4, -0.2) is 29.0 Å². The van der Waals surface area contributed by atoms with Crippen LogP contribution in [0.2, 0.25) is 5.02 Å². The van der Waals surface area contributed by atoms with Crippen LogP contribution in [0.3, 0.4) is 0 Å². The van der Waals surface area contributed by atoms with Crippen molar-refractivity contribution in [1.29, 1.82) is 0 Å². The second kappa shape index (κ2) is 5.50. The molecule has 0 unspecified atom stereocenters. The lowest BCUT2D eigenvalue weighted by Crippen LogP contribution is -2.15. The molecular weight excluding hydrogens is 278 g/mol. The first kappa shape index (κ1) is 14.3. The summed E-state index contributed by atoms with van der Waals surface area (Å²) in [6, 6.07) is 3.80. The van der Waals surface area contributed by atoms with Gasteiger partial charge in [-0.3, -0.25) is 0 Å². The summed E-state index contributed by atoms with van der Waals surface area (Å²) < 4.78 is 5.64. The smallest absolute Gasteiger partial charge is 0.328 e. The van der Waals surface area contributed by atoms with E-state index in [2.05, 4.69) is 15.0 Å². The molecule has 0 aliphatic carbocycles. The topological polar surface area (TPSA) is 77.2 Å². The molecule has 0 amide bonds. The van der Waals surface area contributed by atoms with Crippen molar-refractivity contribution < 1.29 is 4.74 Å². The van der Waals surface area contributed by atoms with Gasteiger partial charge in [0.25, 0.3) is 0 Å². The summed E-state index contributed by atoms with van der Waals surface area (Å²) in [4.78, 5) is 13.9. The van der Waals surface area contributed by atoms with Gasteiger partial charge in [-0.1, -0.05) is 11.6 Å². The maximum Gasteiger partial charge on any atom is 0.328 e. The highest BCUT2D eigenvalue weighted by atomic mass is 35.5. The molecule has 2 N–H and O–H groups in total. The summed E-state index contributed by atoms with van der Waals surface area (Å²) >= 11 is 6.12. The largest absolute Gasteiger partial charge is 0.424 e. The van der Waals surface area contributed by atoms with E-state index in [1.165, 1.54) is 0 Å². The molecule has 2 rings (SSSR count). The maximum atomic E-state index is 6.12. The van der Waals surface area contributed by atoms with E-state index in [1.807, 2.05) is 40.1 Å². The molecule has 0 radical (unpaired) electrons. The van der Waals surface area contributed by atoms with Crippen LogP contribution in [0.1, 0.15) is 11.1 Å². The van der Waals surface area contributed by atoms with Crippen molar-refractivity contribution >= 4 is 23.5 Å². The fourth-order valence-electron chi connectivity index (χ4n) is 1.68. The first-order chi connectivity index (χ1) is 9.36. The van der Waals surface area contributed by atoms with Gasteiger partial charge in [0.1, 0.15) is 5.75 Å². The highest BCUT2D eigenvalue weighted by Crippen LogP contribution is 2.28. The second-order valence-corrected chi connectivity index (χ2v) is 5.02. The molecule has 0 atom stereocenters. The predicted octanol–water partition coefficient (Wildman–Crippen LogP) is 2.58. The Hall–Kier alpha value is -2.08. The molecule has 1 heterocycles. The Kier molecular flexibility index (Phi) is 3.94. The quantitative estimate of drug-likeness (QED) is 0.937. The second-order valence-electron chi connectivity index (χ2n) is 4.64. The van der Waals surface area contributed by atoms with Crippen LogP contribution in [0.4, 0.5) is 11.9 Å². The van der Waals surface area contributed by atoms with E-state index in [4.69, 9.17) is 22.1 Å². The zero-order chi connectivity index (χ0) is 14.9. The van der Waals surface area contributed by atoms with Crippen LogP contribution in [0.15, 0.2) is 12.1 Å². The Morgan fingerprint density at radius 2 is 1.70 bits per heavy atom. The number of nitrogens with zero attached hydrogens (tertiary/aromatic N) is 4. The van der Waals surface area contributed by atoms with Gasteiger partial charge in [-0.2, -0.15) is 15.0 Å². The lowest BCUT2D eigenvalue weighted by atomic mass is 10.1. The average molecular weight is 294 g/mol. The molecule has 106 valence electrons. The highest BCUT2D eigenvalue weighted by Gasteiger charge is 2.10. The van der Waals surface area contributed by atoms with E-state index in [1.54, 1.807) is 4.90 Å². The fraction of sp³-hybridized carbons (Fsp3) is 0.308. The Morgan fingerprint density at radius 1 is 1.10 bits per heavy atom. The number of rotatable bonds is 3. The number of nitrogen functional groups attached to an aromatic ring is 1. The van der Waals surface area contributed by atoms with Gasteiger partial charge in [-0.15, -0.1) is 0 Å². The number of hydrogen-bond donors (Lipinski definition) is 1. The molecule has 0 aliphatic rings. The van der Waals surface area contributed by atoms with Crippen molar-refractivity contribution in [3.63, 3.8) is 0 Å². The number of benzene rings is 1. The van der Waals surface area contributed by atoms with Crippen molar-refractivity contribution in [2.24, 2.45) is 0 Å². The third kappa shape index (κ3) is 3.08. The van der Waals surface area contributed by atoms with E-state index in [9.17, 15) is 0 Å². The molecule has 6 nitrogen and oxygen atoms in total. The van der Waals surface area contributed by atoms with Crippen LogP contribution >= 0.6 is 11.6 Å². The molecular formula is C13H16ClN5O. The van der Waals surface area contributed by atoms with Crippen LogP contribution in [0, 0.1) is 13.8 Å². The summed E-state index contributed by atoms with van der Waals surface area (Å²) in [5, 5.41) is 0.724. The molecule has 0 bridgehead atoms. The first-order valence-electron chi connectivity index (χ1n) is 6.00. The van der Waals surface area contributed by atoms with E-state index in [0.717, 1.165) is 16.1 Å². The van der Waals surface area contributed by atoms with Gasteiger partial charge in [0.2, 0.25) is 11.9 Å². The number of nitrogens with two attached hydrogens (primary N) is 1. The number of aromatic nitrogens is 3. The van der Waals surface area contributed by atoms with Gasteiger partial charge in [0, 0.05) is 19.1 Å². The Bertz CT molecular complexity index is 622. The molecule has 7 heteroatoms. The molecule has 0 fully saturated rings. The van der Waals surface area contributed by atoms with Crippen LogP contribution < -0.4 is 15.4 Å². The number of anilines is 2. The minimum Gasteiger partial charge on any atom is -0.424 e. The zero-order valence-corrected chi connectivity index (χ0v) is 12.6. The van der Waals surface area contributed by atoms with Crippen molar-refractivity contribution in [2.75, 3.05) is 24.7 Å². The van der Waals surface area contributed by atoms with E-state index in [0.29, 0.717) is 11.7 Å². The number of hydrogen-bond acceptors (Lipinski definition) is 6. The van der Waals surface area contributed by atoms with E-state index in [-0.39, 0.29) is 12.0 Å². The standard InChI is InChI=1S/C13H16ClN5O/c1-7-5-9(6-8(2)10(7)14)20-13-17-11(15)16-12(18-13)19(3)4/h5-6H,1-4H3,(H2,15,16,17,18). The van der Waals surface area contributed by atoms with Gasteiger partial charge in [0.05, 0.1) is 0 Å². The van der Waals surface area contributed by atoms with Crippen LogP contribution in [0.5, 0.6) is 11.8 Å². The van der Waals surface area contributed by atoms with Gasteiger partial charge in [0.15, 0.2) is 0 Å². The molecule has 1 aromatic heterocycles. The van der Waals surface area contributed by atoms with Crippen molar-refractivity contribution in [3.05, 3.63) is 28.3 Å². The normalized spacial score (nSPS) is 10.4. The van der Waals surface area contributed by atoms with Crippen molar-refractivity contribution in [3.8, 4) is 11.8 Å². The average Bonchev–Trinajstić information content (AvgIpc) is 2.35. The van der Waals surface area contributed by atoms with Crippen LogP contribution in [-0.2, 0) is 0 Å². The van der Waals surface area contributed by atoms with Gasteiger partial charge >= 0.3 is 6.01 Å². The van der Waals surface area contributed by atoms with Gasteiger partial charge < -0.3 is 15.4 Å². The Morgan fingerprint density at radius 3 is 2.25 bits per heavy atom. The SMILES string of the molecule is Cc1cc(Oc2nc(N)nc(N(C)C)n2)cc(C)c1Cl. The van der Waals surface area contributed by atoms with E-state index < -0.39 is 0 Å². The van der Waals surface area contributed by atoms with Crippen molar-refractivity contribution in [2.45, 2.75) is 13.8 Å². The van der Waals surface area contributed by atoms with Gasteiger partial charge in [-0.25, -0.2) is 0 Å². The minimum atomic E-state index is 0.112. The number of aryl methyl sites for hydroxylation is 2. The molecule has 2 aromatic rings. The van der Waals surface area contributed by atoms with Crippen LogP contribution in [0.25, 0.3) is 0 Å². The molecule has 0 aliphatic heterocycles. The first-order valence-corrected chi connectivity index (χ1v) is 6.38. The molecule has 20 heavy (non-hydrogen) atoms. The maximum absolute atomic E-state index is 6.12. The zero-order valence-electron chi connectivity index (χ0n) is 11.8. The monoisotopic (exact) mass is 293 g/mol. The summed E-state index contributed by atoms with van der Waals surface area (Å²) in [7, 11) is 3.63. The molecule has 0 spiro atoms. The summed E-state index contributed by atoms with van der Waals surface area (Å²) in [6.07, 6.45) is 0. The lowest BCUT2D eigenvalue weighted by Gasteiger charge is -2.12. The third-order valence-corrected chi connectivity index (χ3v) is 3.24.